The van der Waals surface area contributed by atoms with Gasteiger partial charge in [-0.3, -0.25) is 5.41 Å². The van der Waals surface area contributed by atoms with Crippen molar-refractivity contribution in [2.24, 2.45) is 11.5 Å². The van der Waals surface area contributed by atoms with E-state index in [4.69, 9.17) is 26.1 Å². The molecule has 0 saturated heterocycles. The van der Waals surface area contributed by atoms with Crippen LogP contribution in [0.3, 0.4) is 0 Å². The highest BCUT2D eigenvalue weighted by Crippen LogP contribution is 2.41. The number of primary amides is 1. The van der Waals surface area contributed by atoms with Gasteiger partial charge in [0.15, 0.2) is 27.3 Å². The van der Waals surface area contributed by atoms with Crippen molar-refractivity contribution in [1.82, 2.24) is 20.4 Å². The van der Waals surface area contributed by atoms with Crippen LogP contribution in [-0.4, -0.2) is 47.0 Å². The third kappa shape index (κ3) is 6.49. The van der Waals surface area contributed by atoms with Gasteiger partial charge in [-0.05, 0) is 31.6 Å². The fourth-order valence-corrected chi connectivity index (χ4v) is 4.92. The Morgan fingerprint density at radius 3 is 2.45 bits per heavy atom. The lowest BCUT2D eigenvalue weighted by Crippen LogP contribution is -2.26. The van der Waals surface area contributed by atoms with Crippen molar-refractivity contribution >= 4 is 27.5 Å². The quantitative estimate of drug-likeness (QED) is 0.225. The second kappa shape index (κ2) is 11.5. The van der Waals surface area contributed by atoms with Crippen LogP contribution < -0.4 is 21.5 Å². The molecule has 1 amide bonds. The standard InChI is InChI=1S/C26H24F3N7O5S/c1-13(2)42(38,39)16-6-4-15(5-7-16)20-12-33-23(40-25(32)37)22(35-20)21-10-19(36-41-21)17-8-3-14(11-34-24(30)31)9-18(17)26(27,28)29/h3-8,10-13H,9H2,1-2H3,(H2,32,37)(H4,30,31,34). The summed E-state index contributed by atoms with van der Waals surface area (Å²) >= 11 is 0. The summed E-state index contributed by atoms with van der Waals surface area (Å²) < 4.78 is 77.1. The maximum atomic E-state index is 14.0. The number of nitrogens with zero attached hydrogens (tertiary/aromatic N) is 3. The van der Waals surface area contributed by atoms with Crippen molar-refractivity contribution in [2.75, 3.05) is 0 Å². The molecule has 2 aromatic heterocycles. The molecule has 0 unspecified atom stereocenters. The summed E-state index contributed by atoms with van der Waals surface area (Å²) in [6, 6.07) is 6.99. The van der Waals surface area contributed by atoms with E-state index in [-0.39, 0.29) is 38.9 Å². The largest absolute Gasteiger partial charge is 0.413 e. The van der Waals surface area contributed by atoms with Gasteiger partial charge >= 0.3 is 12.3 Å². The Hall–Kier alpha value is -4.99. The van der Waals surface area contributed by atoms with Crippen molar-refractivity contribution in [2.45, 2.75) is 36.6 Å². The summed E-state index contributed by atoms with van der Waals surface area (Å²) in [6.45, 7) is 3.12. The third-order valence-electron chi connectivity index (χ3n) is 5.98. The number of sulfone groups is 1. The molecule has 0 spiro atoms. The molecular weight excluding hydrogens is 579 g/mol. The summed E-state index contributed by atoms with van der Waals surface area (Å²) in [4.78, 5) is 20.0. The molecule has 0 atom stereocenters. The molecule has 12 nitrogen and oxygen atoms in total. The fourth-order valence-electron chi connectivity index (χ4n) is 3.86. The Morgan fingerprint density at radius 1 is 1.17 bits per heavy atom. The van der Waals surface area contributed by atoms with Crippen LogP contribution in [0.25, 0.3) is 28.3 Å². The number of amides is 1. The van der Waals surface area contributed by atoms with Crippen LogP contribution >= 0.6 is 0 Å². The number of nitrogens with one attached hydrogen (secondary N) is 2. The van der Waals surface area contributed by atoms with Crippen LogP contribution in [0.5, 0.6) is 5.88 Å². The predicted octanol–water partition coefficient (Wildman–Crippen LogP) is 4.08. The van der Waals surface area contributed by atoms with Crippen molar-refractivity contribution in [3.63, 3.8) is 0 Å². The lowest BCUT2D eigenvalue weighted by molar-refractivity contribution is -0.0925. The molecular formula is C26H24F3N7O5S. The molecule has 1 aliphatic carbocycles. The Morgan fingerprint density at radius 2 is 1.86 bits per heavy atom. The molecule has 0 saturated carbocycles. The fraction of sp³-hybridized carbons (Fsp3) is 0.192. The molecule has 3 aromatic rings. The molecule has 220 valence electrons. The number of alkyl halides is 3. The number of rotatable bonds is 7. The van der Waals surface area contributed by atoms with Crippen LogP contribution in [0.4, 0.5) is 18.0 Å². The Labute approximate surface area is 237 Å². The van der Waals surface area contributed by atoms with E-state index in [1.165, 1.54) is 54.9 Å². The van der Waals surface area contributed by atoms with Gasteiger partial charge in [0.05, 0.1) is 22.0 Å². The van der Waals surface area contributed by atoms with Gasteiger partial charge in [-0.2, -0.15) is 13.2 Å². The minimum atomic E-state index is -4.73. The molecule has 0 aliphatic heterocycles. The van der Waals surface area contributed by atoms with E-state index in [2.05, 4.69) is 20.4 Å². The summed E-state index contributed by atoms with van der Waals surface area (Å²) in [7, 11) is -3.52. The van der Waals surface area contributed by atoms with E-state index in [1.807, 2.05) is 0 Å². The zero-order valence-corrected chi connectivity index (χ0v) is 22.9. The number of nitrogens with two attached hydrogens (primary N) is 2. The van der Waals surface area contributed by atoms with Crippen LogP contribution in [-0.2, 0) is 9.84 Å². The van der Waals surface area contributed by atoms with E-state index in [0.29, 0.717) is 5.56 Å². The normalized spacial score (nSPS) is 14.9. The first-order valence-electron chi connectivity index (χ1n) is 12.1. The molecule has 1 aromatic carbocycles. The first-order chi connectivity index (χ1) is 19.7. The number of benzene rings is 1. The van der Waals surface area contributed by atoms with E-state index in [9.17, 15) is 26.4 Å². The van der Waals surface area contributed by atoms with E-state index in [1.54, 1.807) is 13.8 Å². The van der Waals surface area contributed by atoms with Crippen LogP contribution in [0, 0.1) is 5.41 Å². The molecule has 0 radical (unpaired) electrons. The lowest BCUT2D eigenvalue weighted by Gasteiger charge is -2.19. The lowest BCUT2D eigenvalue weighted by atomic mass is 9.92. The van der Waals surface area contributed by atoms with E-state index < -0.39 is 51.2 Å². The van der Waals surface area contributed by atoms with Crippen LogP contribution in [0.15, 0.2) is 75.4 Å². The van der Waals surface area contributed by atoms with Crippen molar-refractivity contribution in [3.8, 4) is 28.6 Å². The maximum absolute atomic E-state index is 14.0. The monoisotopic (exact) mass is 603 g/mol. The number of halogens is 3. The van der Waals surface area contributed by atoms with Crippen LogP contribution in [0.1, 0.15) is 26.0 Å². The zero-order chi connectivity index (χ0) is 30.8. The third-order valence-corrected chi connectivity index (χ3v) is 8.15. The number of carbonyl (C=O) groups is 1. The van der Waals surface area contributed by atoms with Crippen LogP contribution in [0.2, 0.25) is 0 Å². The van der Waals surface area contributed by atoms with Crippen molar-refractivity contribution < 1.29 is 35.6 Å². The zero-order valence-electron chi connectivity index (χ0n) is 22.1. The highest BCUT2D eigenvalue weighted by atomic mass is 32.2. The predicted molar refractivity (Wildman–Crippen MR) is 145 cm³/mol. The number of hydrogen-bond donors (Lipinski definition) is 4. The maximum Gasteiger partial charge on any atom is 0.413 e. The average Bonchev–Trinajstić information content (AvgIpc) is 3.41. The van der Waals surface area contributed by atoms with Gasteiger partial charge in [0.25, 0.3) is 5.88 Å². The smallest absolute Gasteiger partial charge is 0.389 e. The van der Waals surface area contributed by atoms with Crippen molar-refractivity contribution in [1.29, 1.82) is 5.41 Å². The molecule has 16 heteroatoms. The number of allylic oxidation sites excluding steroid dienone is 5. The van der Waals surface area contributed by atoms with Gasteiger partial charge in [-0.25, -0.2) is 23.2 Å². The minimum absolute atomic E-state index is 0.104. The van der Waals surface area contributed by atoms with Crippen molar-refractivity contribution in [3.05, 3.63) is 71.7 Å². The molecule has 42 heavy (non-hydrogen) atoms. The number of guanidine groups is 1. The van der Waals surface area contributed by atoms with E-state index >= 15 is 0 Å². The molecule has 0 fully saturated rings. The second-order valence-corrected chi connectivity index (χ2v) is 11.7. The molecule has 2 heterocycles. The van der Waals surface area contributed by atoms with Gasteiger partial charge in [0, 0.05) is 35.4 Å². The number of aromatic nitrogens is 3. The molecule has 6 N–H and O–H groups in total. The van der Waals surface area contributed by atoms with Gasteiger partial charge in [-0.1, -0.05) is 29.4 Å². The van der Waals surface area contributed by atoms with E-state index in [0.717, 1.165) is 0 Å². The Balaban J connectivity index is 1.75. The Kier molecular flexibility index (Phi) is 8.19. The van der Waals surface area contributed by atoms with Gasteiger partial charge in [0.1, 0.15) is 5.69 Å². The first kappa shape index (κ1) is 30.0. The summed E-state index contributed by atoms with van der Waals surface area (Å²) in [6.07, 6.45) is -1.47. The number of carbonyl (C=O) groups excluding carboxylic acids is 1. The molecule has 0 bridgehead atoms. The highest BCUT2D eigenvalue weighted by Gasteiger charge is 2.38. The summed E-state index contributed by atoms with van der Waals surface area (Å²) in [5.41, 5.74) is 9.62. The minimum Gasteiger partial charge on any atom is -0.389 e. The van der Waals surface area contributed by atoms with Gasteiger partial charge in [0.2, 0.25) is 0 Å². The SMILES string of the molecule is CC(C)S(=O)(=O)c1ccc(-c2cnc(OC(N)=O)c(-c3cc(C4=C(C(F)(F)F)CC(=CNC(=N)N)C=C4)no3)n2)cc1. The number of ether oxygens (including phenoxy) is 1. The average molecular weight is 604 g/mol. The molecule has 1 aliphatic rings. The highest BCUT2D eigenvalue weighted by molar-refractivity contribution is 7.92. The summed E-state index contributed by atoms with van der Waals surface area (Å²) in [5, 5.41) is 12.7. The number of hydrogen-bond acceptors (Lipinski definition) is 9. The first-order valence-corrected chi connectivity index (χ1v) is 13.7. The van der Waals surface area contributed by atoms with Gasteiger partial charge < -0.3 is 26.0 Å². The topological polar surface area (TPSA) is 200 Å². The molecule has 4 rings (SSSR count). The van der Waals surface area contributed by atoms with Gasteiger partial charge in [-0.15, -0.1) is 0 Å². The second-order valence-electron chi connectivity index (χ2n) is 9.20. The summed E-state index contributed by atoms with van der Waals surface area (Å²) in [5.74, 6) is -1.01. The Bertz CT molecular complexity index is 1740.